The third-order valence-corrected chi connectivity index (χ3v) is 8.21. The van der Waals surface area contributed by atoms with Crippen LogP contribution in [0.2, 0.25) is 0 Å². The largest absolute Gasteiger partial charge is 0.391 e. The van der Waals surface area contributed by atoms with E-state index in [9.17, 15) is 18.3 Å². The van der Waals surface area contributed by atoms with E-state index in [4.69, 9.17) is 5.73 Å². The Morgan fingerprint density at radius 1 is 1.20 bits per heavy atom. The third kappa shape index (κ3) is 4.01. The van der Waals surface area contributed by atoms with E-state index in [1.54, 1.807) is 17.0 Å². The molecule has 3 N–H and O–H groups in total. The second kappa shape index (κ2) is 8.27. The predicted molar refractivity (Wildman–Crippen MR) is 114 cm³/mol. The predicted octanol–water partition coefficient (Wildman–Crippen LogP) is 2.31. The highest BCUT2D eigenvalue weighted by atomic mass is 32.2. The first-order chi connectivity index (χ1) is 14.4. The van der Waals surface area contributed by atoms with E-state index in [0.29, 0.717) is 23.5 Å². The van der Waals surface area contributed by atoms with Gasteiger partial charge in [-0.1, -0.05) is 30.3 Å². The monoisotopic (exact) mass is 443 g/mol. The molecule has 30 heavy (non-hydrogen) atoms. The summed E-state index contributed by atoms with van der Waals surface area (Å²) in [5.41, 5.74) is 7.27. The lowest BCUT2D eigenvalue weighted by molar-refractivity contribution is 0.0765. The zero-order valence-corrected chi connectivity index (χ0v) is 17.7. The fourth-order valence-corrected chi connectivity index (χ4v) is 5.94. The molecule has 4 rings (SSSR count). The highest BCUT2D eigenvalue weighted by Crippen LogP contribution is 2.31. The summed E-state index contributed by atoms with van der Waals surface area (Å²) < 4.78 is 26.6. The van der Waals surface area contributed by atoms with Gasteiger partial charge in [0.05, 0.1) is 17.2 Å². The SMILES string of the molecule is NCc1ncc(S(=O)(=O)c2cc(C(=O)N3CC[C@@H](O)C3)cc(-c3ccccc3)c2)s1. The number of rotatable bonds is 5. The van der Waals surface area contributed by atoms with Crippen molar-refractivity contribution >= 4 is 27.1 Å². The van der Waals surface area contributed by atoms with Crippen LogP contribution in [0.4, 0.5) is 0 Å². The molecule has 1 fully saturated rings. The molecule has 0 saturated carbocycles. The number of carbonyl (C=O) groups is 1. The number of aliphatic hydroxyl groups excluding tert-OH is 1. The molecule has 0 radical (unpaired) electrons. The van der Waals surface area contributed by atoms with Gasteiger partial charge in [-0.15, -0.1) is 11.3 Å². The van der Waals surface area contributed by atoms with E-state index < -0.39 is 15.9 Å². The molecule has 1 aliphatic heterocycles. The zero-order valence-electron chi connectivity index (χ0n) is 16.1. The van der Waals surface area contributed by atoms with Crippen LogP contribution in [0, 0.1) is 0 Å². The lowest BCUT2D eigenvalue weighted by Gasteiger charge is -2.17. The van der Waals surface area contributed by atoms with Gasteiger partial charge in [0.2, 0.25) is 9.84 Å². The van der Waals surface area contributed by atoms with E-state index in [2.05, 4.69) is 4.98 Å². The number of hydrogen-bond donors (Lipinski definition) is 2. The molecule has 0 aliphatic carbocycles. The Morgan fingerprint density at radius 3 is 2.60 bits per heavy atom. The Kier molecular flexibility index (Phi) is 5.70. The molecular weight excluding hydrogens is 422 g/mol. The maximum Gasteiger partial charge on any atom is 0.254 e. The van der Waals surface area contributed by atoms with E-state index >= 15 is 0 Å². The van der Waals surface area contributed by atoms with Crippen LogP contribution in [0.15, 0.2) is 63.8 Å². The molecule has 1 amide bonds. The van der Waals surface area contributed by atoms with Crippen LogP contribution in [0.1, 0.15) is 21.8 Å². The van der Waals surface area contributed by atoms with Crippen molar-refractivity contribution in [3.05, 3.63) is 65.3 Å². The number of aromatic nitrogens is 1. The number of β-amino-alcohol motifs (C(OH)–C–C–N with tert-alkyl or cyclic N) is 1. The first kappa shape index (κ1) is 20.7. The van der Waals surface area contributed by atoms with Crippen LogP contribution in [0.5, 0.6) is 0 Å². The smallest absolute Gasteiger partial charge is 0.254 e. The number of aliphatic hydroxyl groups is 1. The van der Waals surface area contributed by atoms with Crippen molar-refractivity contribution in [2.24, 2.45) is 5.73 Å². The maximum absolute atomic E-state index is 13.3. The molecule has 2 heterocycles. The second-order valence-corrected chi connectivity index (χ2v) is 10.4. The number of nitrogens with two attached hydrogens (primary N) is 1. The third-order valence-electron chi connectivity index (χ3n) is 4.99. The number of likely N-dealkylation sites (tertiary alicyclic amines) is 1. The Labute approximate surface area is 178 Å². The maximum atomic E-state index is 13.3. The number of sulfone groups is 1. The van der Waals surface area contributed by atoms with Gasteiger partial charge in [0, 0.05) is 25.2 Å². The van der Waals surface area contributed by atoms with E-state index in [1.165, 1.54) is 12.3 Å². The van der Waals surface area contributed by atoms with Crippen molar-refractivity contribution in [1.29, 1.82) is 0 Å². The van der Waals surface area contributed by atoms with E-state index in [1.807, 2.05) is 30.3 Å². The molecule has 7 nitrogen and oxygen atoms in total. The molecule has 9 heteroatoms. The average molecular weight is 444 g/mol. The molecule has 0 bridgehead atoms. The first-order valence-corrected chi connectivity index (χ1v) is 11.8. The number of benzene rings is 2. The van der Waals surface area contributed by atoms with Crippen molar-refractivity contribution in [3.63, 3.8) is 0 Å². The van der Waals surface area contributed by atoms with Crippen molar-refractivity contribution < 1.29 is 18.3 Å². The summed E-state index contributed by atoms with van der Waals surface area (Å²) in [7, 11) is -3.87. The van der Waals surface area contributed by atoms with Crippen molar-refractivity contribution in [1.82, 2.24) is 9.88 Å². The number of thiazole rings is 1. The van der Waals surface area contributed by atoms with Gasteiger partial charge in [0.25, 0.3) is 5.91 Å². The summed E-state index contributed by atoms with van der Waals surface area (Å²) in [5.74, 6) is -0.298. The van der Waals surface area contributed by atoms with Crippen LogP contribution in [-0.4, -0.2) is 48.5 Å². The Bertz CT molecular complexity index is 1180. The summed E-state index contributed by atoms with van der Waals surface area (Å²) in [6.45, 7) is 0.836. The van der Waals surface area contributed by atoms with Gasteiger partial charge >= 0.3 is 0 Å². The van der Waals surface area contributed by atoms with Crippen LogP contribution in [-0.2, 0) is 16.4 Å². The van der Waals surface area contributed by atoms with Crippen LogP contribution < -0.4 is 5.73 Å². The summed E-state index contributed by atoms with van der Waals surface area (Å²) in [4.78, 5) is 18.7. The topological polar surface area (TPSA) is 114 Å². The highest BCUT2D eigenvalue weighted by Gasteiger charge is 2.28. The van der Waals surface area contributed by atoms with Gasteiger partial charge in [-0.3, -0.25) is 4.79 Å². The molecular formula is C21H21N3O4S2. The van der Waals surface area contributed by atoms with E-state index in [-0.39, 0.29) is 33.7 Å². The lowest BCUT2D eigenvalue weighted by Crippen LogP contribution is -2.29. The summed E-state index contributed by atoms with van der Waals surface area (Å²) in [6, 6.07) is 14.0. The molecule has 1 aromatic heterocycles. The molecule has 1 aliphatic rings. The standard InChI is InChI=1S/C21H21N3O4S2/c22-11-19-23-12-20(29-19)30(27,28)18-9-15(14-4-2-1-3-5-14)8-16(10-18)21(26)24-7-6-17(25)13-24/h1-5,8-10,12,17,25H,6-7,11,13,22H2/t17-/m1/s1. The molecule has 0 unspecified atom stereocenters. The molecule has 1 atom stereocenters. The number of carbonyl (C=O) groups excluding carboxylic acids is 1. The van der Waals surface area contributed by atoms with Gasteiger partial charge < -0.3 is 15.7 Å². The number of hydrogen-bond acceptors (Lipinski definition) is 7. The Morgan fingerprint density at radius 2 is 1.97 bits per heavy atom. The van der Waals surface area contributed by atoms with Crippen LogP contribution >= 0.6 is 11.3 Å². The normalized spacial score (nSPS) is 16.7. The number of nitrogens with zero attached hydrogens (tertiary/aromatic N) is 2. The Hall–Kier alpha value is -2.59. The Balaban J connectivity index is 1.82. The number of amides is 1. The summed E-state index contributed by atoms with van der Waals surface area (Å²) in [5, 5.41) is 10.3. The van der Waals surface area contributed by atoms with Gasteiger partial charge in [-0.25, -0.2) is 13.4 Å². The van der Waals surface area contributed by atoms with Gasteiger partial charge in [-0.2, -0.15) is 0 Å². The zero-order chi connectivity index (χ0) is 21.3. The summed E-state index contributed by atoms with van der Waals surface area (Å²) in [6.07, 6.45) is 1.26. The molecule has 2 aromatic carbocycles. The molecule has 1 saturated heterocycles. The quantitative estimate of drug-likeness (QED) is 0.626. The van der Waals surface area contributed by atoms with Crippen molar-refractivity contribution in [3.8, 4) is 11.1 Å². The fraction of sp³-hybridized carbons (Fsp3) is 0.238. The first-order valence-electron chi connectivity index (χ1n) is 9.46. The minimum Gasteiger partial charge on any atom is -0.391 e. The highest BCUT2D eigenvalue weighted by molar-refractivity contribution is 7.93. The summed E-state index contributed by atoms with van der Waals surface area (Å²) >= 11 is 1.02. The molecule has 3 aromatic rings. The van der Waals surface area contributed by atoms with Gasteiger partial charge in [-0.05, 0) is 35.7 Å². The molecule has 156 valence electrons. The minimum atomic E-state index is -3.87. The van der Waals surface area contributed by atoms with E-state index in [0.717, 1.165) is 16.9 Å². The van der Waals surface area contributed by atoms with Crippen molar-refractivity contribution in [2.75, 3.05) is 13.1 Å². The van der Waals surface area contributed by atoms with Crippen LogP contribution in [0.3, 0.4) is 0 Å². The lowest BCUT2D eigenvalue weighted by atomic mass is 10.0. The minimum absolute atomic E-state index is 0.0270. The average Bonchev–Trinajstić information content (AvgIpc) is 3.43. The second-order valence-electron chi connectivity index (χ2n) is 7.09. The van der Waals surface area contributed by atoms with Crippen LogP contribution in [0.25, 0.3) is 11.1 Å². The van der Waals surface area contributed by atoms with Gasteiger partial charge in [0.1, 0.15) is 9.22 Å². The molecule has 0 spiro atoms. The van der Waals surface area contributed by atoms with Gasteiger partial charge in [0.15, 0.2) is 0 Å². The fourth-order valence-electron chi connectivity index (χ4n) is 3.41. The van der Waals surface area contributed by atoms with Crippen molar-refractivity contribution in [2.45, 2.75) is 28.2 Å².